The van der Waals surface area contributed by atoms with Crippen LogP contribution in [0.3, 0.4) is 0 Å². The lowest BCUT2D eigenvalue weighted by Crippen LogP contribution is -2.50. The average Bonchev–Trinajstić information content (AvgIpc) is 2.30. The molecule has 1 unspecified atom stereocenters. The summed E-state index contributed by atoms with van der Waals surface area (Å²) in [7, 11) is 0. The highest BCUT2D eigenvalue weighted by molar-refractivity contribution is 5.57. The number of rotatable bonds is 2. The molecular weight excluding hydrogens is 176 g/mol. The summed E-state index contributed by atoms with van der Waals surface area (Å²) in [6, 6.07) is 0.874. The van der Waals surface area contributed by atoms with Crippen LogP contribution in [0.25, 0.3) is 0 Å². The number of aldehydes is 1. The zero-order valence-corrected chi connectivity index (χ0v) is 8.74. The van der Waals surface area contributed by atoms with Crippen LogP contribution in [0, 0.1) is 0 Å². The SMILES string of the molecule is O=CC1CCCCN1C1CCNCC1. The highest BCUT2D eigenvalue weighted by atomic mass is 16.1. The summed E-state index contributed by atoms with van der Waals surface area (Å²) < 4.78 is 0. The normalized spacial score (nSPS) is 31.6. The largest absolute Gasteiger partial charge is 0.317 e. The predicted molar refractivity (Wildman–Crippen MR) is 56.3 cm³/mol. The van der Waals surface area contributed by atoms with Gasteiger partial charge in [-0.05, 0) is 45.3 Å². The Morgan fingerprint density at radius 3 is 2.64 bits per heavy atom. The summed E-state index contributed by atoms with van der Waals surface area (Å²) in [5, 5.41) is 3.37. The predicted octanol–water partition coefficient (Wildman–Crippen LogP) is 0.792. The van der Waals surface area contributed by atoms with E-state index in [0.717, 1.165) is 32.3 Å². The Balaban J connectivity index is 1.94. The van der Waals surface area contributed by atoms with Gasteiger partial charge in [-0.3, -0.25) is 4.90 Å². The van der Waals surface area contributed by atoms with E-state index in [-0.39, 0.29) is 6.04 Å². The molecule has 0 amide bonds. The maximum atomic E-state index is 11.0. The molecule has 0 radical (unpaired) electrons. The van der Waals surface area contributed by atoms with E-state index in [9.17, 15) is 4.79 Å². The maximum absolute atomic E-state index is 11.0. The van der Waals surface area contributed by atoms with Crippen molar-refractivity contribution in [2.75, 3.05) is 19.6 Å². The Kier molecular flexibility index (Phi) is 3.54. The van der Waals surface area contributed by atoms with Gasteiger partial charge in [-0.1, -0.05) is 6.42 Å². The van der Waals surface area contributed by atoms with Crippen molar-refractivity contribution in [1.82, 2.24) is 10.2 Å². The Hall–Kier alpha value is -0.410. The Morgan fingerprint density at radius 1 is 1.14 bits per heavy atom. The van der Waals surface area contributed by atoms with Crippen molar-refractivity contribution in [3.05, 3.63) is 0 Å². The molecule has 2 saturated heterocycles. The van der Waals surface area contributed by atoms with E-state index >= 15 is 0 Å². The molecule has 0 spiro atoms. The highest BCUT2D eigenvalue weighted by Crippen LogP contribution is 2.22. The van der Waals surface area contributed by atoms with E-state index in [1.54, 1.807) is 0 Å². The molecule has 14 heavy (non-hydrogen) atoms. The standard InChI is InChI=1S/C11H20N2O/c14-9-11-3-1-2-8-13(11)10-4-6-12-7-5-10/h9-12H,1-8H2. The third kappa shape index (κ3) is 2.15. The third-order valence-corrected chi connectivity index (χ3v) is 3.53. The van der Waals surface area contributed by atoms with E-state index in [0.29, 0.717) is 6.04 Å². The van der Waals surface area contributed by atoms with Crippen molar-refractivity contribution < 1.29 is 4.79 Å². The molecule has 2 aliphatic rings. The van der Waals surface area contributed by atoms with Gasteiger partial charge in [-0.25, -0.2) is 0 Å². The first-order valence-corrected chi connectivity index (χ1v) is 5.83. The van der Waals surface area contributed by atoms with E-state index in [2.05, 4.69) is 10.2 Å². The van der Waals surface area contributed by atoms with Crippen LogP contribution in [0.4, 0.5) is 0 Å². The second-order valence-electron chi connectivity index (χ2n) is 4.42. The van der Waals surface area contributed by atoms with Gasteiger partial charge in [0.05, 0.1) is 6.04 Å². The number of carbonyl (C=O) groups is 1. The van der Waals surface area contributed by atoms with Crippen molar-refractivity contribution in [3.8, 4) is 0 Å². The Bertz CT molecular complexity index is 190. The summed E-state index contributed by atoms with van der Waals surface area (Å²) >= 11 is 0. The molecule has 0 bridgehead atoms. The second-order valence-corrected chi connectivity index (χ2v) is 4.42. The summed E-state index contributed by atoms with van der Waals surface area (Å²) in [4.78, 5) is 13.4. The molecule has 2 heterocycles. The maximum Gasteiger partial charge on any atom is 0.137 e. The van der Waals surface area contributed by atoms with Gasteiger partial charge in [-0.2, -0.15) is 0 Å². The zero-order valence-electron chi connectivity index (χ0n) is 8.74. The average molecular weight is 196 g/mol. The van der Waals surface area contributed by atoms with Crippen molar-refractivity contribution in [2.45, 2.75) is 44.2 Å². The number of nitrogens with one attached hydrogen (secondary N) is 1. The second kappa shape index (κ2) is 4.89. The fraction of sp³-hybridized carbons (Fsp3) is 0.909. The highest BCUT2D eigenvalue weighted by Gasteiger charge is 2.28. The molecule has 3 heteroatoms. The number of piperidine rings is 2. The van der Waals surface area contributed by atoms with Crippen LogP contribution in [0.15, 0.2) is 0 Å². The van der Waals surface area contributed by atoms with E-state index in [4.69, 9.17) is 0 Å². The number of hydrogen-bond acceptors (Lipinski definition) is 3. The van der Waals surface area contributed by atoms with Crippen molar-refractivity contribution >= 4 is 6.29 Å². The number of nitrogens with zero attached hydrogens (tertiary/aromatic N) is 1. The first kappa shape index (κ1) is 10.1. The van der Waals surface area contributed by atoms with Gasteiger partial charge in [0.2, 0.25) is 0 Å². The molecule has 80 valence electrons. The van der Waals surface area contributed by atoms with Crippen LogP contribution >= 0.6 is 0 Å². The van der Waals surface area contributed by atoms with Crippen LogP contribution in [0.5, 0.6) is 0 Å². The van der Waals surface area contributed by atoms with Gasteiger partial charge < -0.3 is 10.1 Å². The molecule has 3 nitrogen and oxygen atoms in total. The smallest absolute Gasteiger partial charge is 0.137 e. The van der Waals surface area contributed by atoms with Gasteiger partial charge in [-0.15, -0.1) is 0 Å². The van der Waals surface area contributed by atoms with E-state index in [1.807, 2.05) is 0 Å². The summed E-state index contributed by atoms with van der Waals surface area (Å²) in [5.74, 6) is 0. The van der Waals surface area contributed by atoms with Gasteiger partial charge in [0.1, 0.15) is 6.29 Å². The summed E-state index contributed by atoms with van der Waals surface area (Å²) in [6.45, 7) is 3.37. The van der Waals surface area contributed by atoms with Crippen LogP contribution in [-0.2, 0) is 4.79 Å². The lowest BCUT2D eigenvalue weighted by atomic mass is 9.96. The van der Waals surface area contributed by atoms with Gasteiger partial charge >= 0.3 is 0 Å². The summed E-state index contributed by atoms with van der Waals surface area (Å²) in [5.41, 5.74) is 0. The quantitative estimate of drug-likeness (QED) is 0.663. The number of likely N-dealkylation sites (tertiary alicyclic amines) is 1. The van der Waals surface area contributed by atoms with Crippen LogP contribution in [-0.4, -0.2) is 42.9 Å². The molecule has 0 aromatic rings. The molecule has 0 aromatic carbocycles. The lowest BCUT2D eigenvalue weighted by molar-refractivity contribution is -0.114. The molecular formula is C11H20N2O. The van der Waals surface area contributed by atoms with Gasteiger partial charge in [0.15, 0.2) is 0 Å². The van der Waals surface area contributed by atoms with Gasteiger partial charge in [0, 0.05) is 6.04 Å². The minimum absolute atomic E-state index is 0.215. The minimum Gasteiger partial charge on any atom is -0.317 e. The molecule has 0 aliphatic carbocycles. The molecule has 1 atom stereocenters. The molecule has 2 rings (SSSR count). The zero-order chi connectivity index (χ0) is 9.80. The first-order valence-electron chi connectivity index (χ1n) is 5.83. The fourth-order valence-corrected chi connectivity index (χ4v) is 2.72. The van der Waals surface area contributed by atoms with Crippen molar-refractivity contribution in [2.24, 2.45) is 0 Å². The molecule has 2 aliphatic heterocycles. The first-order chi connectivity index (χ1) is 6.92. The Labute approximate surface area is 85.8 Å². The fourth-order valence-electron chi connectivity index (χ4n) is 2.72. The molecule has 1 N–H and O–H groups in total. The van der Waals surface area contributed by atoms with Gasteiger partial charge in [0.25, 0.3) is 0 Å². The molecule has 2 fully saturated rings. The third-order valence-electron chi connectivity index (χ3n) is 3.53. The van der Waals surface area contributed by atoms with E-state index < -0.39 is 0 Å². The van der Waals surface area contributed by atoms with Crippen LogP contribution < -0.4 is 5.32 Å². The van der Waals surface area contributed by atoms with Crippen LogP contribution in [0.2, 0.25) is 0 Å². The van der Waals surface area contributed by atoms with Crippen molar-refractivity contribution in [3.63, 3.8) is 0 Å². The number of carbonyl (C=O) groups excluding carboxylic acids is 1. The Morgan fingerprint density at radius 2 is 1.93 bits per heavy atom. The molecule has 0 aromatic heterocycles. The van der Waals surface area contributed by atoms with E-state index in [1.165, 1.54) is 25.7 Å². The minimum atomic E-state index is 0.215. The number of hydrogen-bond donors (Lipinski definition) is 1. The van der Waals surface area contributed by atoms with Crippen molar-refractivity contribution in [1.29, 1.82) is 0 Å². The molecule has 0 saturated carbocycles. The topological polar surface area (TPSA) is 32.3 Å². The lowest BCUT2D eigenvalue weighted by Gasteiger charge is -2.40. The monoisotopic (exact) mass is 196 g/mol. The van der Waals surface area contributed by atoms with Crippen LogP contribution in [0.1, 0.15) is 32.1 Å². The summed E-state index contributed by atoms with van der Waals surface area (Å²) in [6.07, 6.45) is 7.16.